The fourth-order valence-corrected chi connectivity index (χ4v) is 2.29. The molecule has 0 bridgehead atoms. The fourth-order valence-electron chi connectivity index (χ4n) is 2.29. The summed E-state index contributed by atoms with van der Waals surface area (Å²) in [5.74, 6) is -0.0151. The van der Waals surface area contributed by atoms with Crippen LogP contribution in [0.1, 0.15) is 19.3 Å². The van der Waals surface area contributed by atoms with Gasteiger partial charge in [-0.25, -0.2) is 4.79 Å². The van der Waals surface area contributed by atoms with Gasteiger partial charge in [-0.1, -0.05) is 12.2 Å². The number of anilines is 1. The lowest BCUT2D eigenvalue weighted by atomic mass is 9.78. The molecule has 2 rings (SSSR count). The lowest BCUT2D eigenvalue weighted by Crippen LogP contribution is -2.26. The zero-order chi connectivity index (χ0) is 14.4. The van der Waals surface area contributed by atoms with E-state index in [1.165, 1.54) is 0 Å². The number of allylic oxidation sites excluding steroid dienone is 1. The molecule has 2 unspecified atom stereocenters. The number of aromatic nitrogens is 1. The molecular formula is C15H17N3O2. The first-order valence-corrected chi connectivity index (χ1v) is 6.59. The Balaban J connectivity index is 1.81. The van der Waals surface area contributed by atoms with E-state index in [-0.39, 0.29) is 18.4 Å². The normalized spacial score (nSPS) is 21.9. The highest BCUT2D eigenvalue weighted by Crippen LogP contribution is 2.32. The minimum absolute atomic E-state index is 0.0914. The van der Waals surface area contributed by atoms with E-state index in [0.29, 0.717) is 12.1 Å². The smallest absolute Gasteiger partial charge is 0.411 e. The molecule has 1 N–H and O–H groups in total. The summed E-state index contributed by atoms with van der Waals surface area (Å²) in [6.45, 7) is 4.19. The van der Waals surface area contributed by atoms with E-state index >= 15 is 0 Å². The van der Waals surface area contributed by atoms with E-state index in [1.807, 2.05) is 0 Å². The van der Waals surface area contributed by atoms with Gasteiger partial charge in [0.05, 0.1) is 18.6 Å². The van der Waals surface area contributed by atoms with Gasteiger partial charge in [0.1, 0.15) is 0 Å². The van der Waals surface area contributed by atoms with Gasteiger partial charge in [0, 0.05) is 24.0 Å². The van der Waals surface area contributed by atoms with Crippen LogP contribution in [0.15, 0.2) is 36.7 Å². The number of nitrogens with one attached hydrogen (secondary N) is 1. The number of nitriles is 1. The number of amides is 1. The average molecular weight is 271 g/mol. The average Bonchev–Trinajstić information content (AvgIpc) is 2.47. The van der Waals surface area contributed by atoms with Crippen LogP contribution >= 0.6 is 0 Å². The van der Waals surface area contributed by atoms with Crippen molar-refractivity contribution in [3.8, 4) is 6.07 Å². The highest BCUT2D eigenvalue weighted by Gasteiger charge is 2.27. The molecule has 1 aliphatic carbocycles. The van der Waals surface area contributed by atoms with Crippen molar-refractivity contribution in [2.75, 3.05) is 11.9 Å². The largest absolute Gasteiger partial charge is 0.449 e. The topological polar surface area (TPSA) is 75.0 Å². The molecular weight excluding hydrogens is 254 g/mol. The molecule has 0 spiro atoms. The molecule has 20 heavy (non-hydrogen) atoms. The van der Waals surface area contributed by atoms with E-state index in [2.05, 4.69) is 22.9 Å². The van der Waals surface area contributed by atoms with Gasteiger partial charge in [-0.15, -0.1) is 0 Å². The Morgan fingerprint density at radius 3 is 3.00 bits per heavy atom. The summed E-state index contributed by atoms with van der Waals surface area (Å²) in [4.78, 5) is 15.5. The lowest BCUT2D eigenvalue weighted by Gasteiger charge is -2.27. The Morgan fingerprint density at radius 1 is 1.55 bits per heavy atom. The van der Waals surface area contributed by atoms with E-state index in [0.717, 1.165) is 18.4 Å². The molecule has 5 nitrogen and oxygen atoms in total. The molecule has 1 fully saturated rings. The number of pyridine rings is 1. The van der Waals surface area contributed by atoms with Crippen molar-refractivity contribution in [2.24, 2.45) is 11.8 Å². The zero-order valence-electron chi connectivity index (χ0n) is 11.2. The van der Waals surface area contributed by atoms with Crippen LogP contribution < -0.4 is 5.32 Å². The number of ether oxygens (including phenoxy) is 1. The van der Waals surface area contributed by atoms with E-state index < -0.39 is 6.09 Å². The van der Waals surface area contributed by atoms with Crippen LogP contribution in [0.25, 0.3) is 0 Å². The summed E-state index contributed by atoms with van der Waals surface area (Å²) in [5.41, 5.74) is 1.74. The molecule has 0 radical (unpaired) electrons. The maximum atomic E-state index is 11.7. The molecule has 1 amide bonds. The van der Waals surface area contributed by atoms with Gasteiger partial charge in [-0.05, 0) is 31.4 Å². The van der Waals surface area contributed by atoms with Crippen LogP contribution in [-0.2, 0) is 4.74 Å². The number of carbonyl (C=O) groups excluding carboxylic acids is 1. The molecule has 0 saturated heterocycles. The number of rotatable bonds is 3. The number of nitrogens with zero attached hydrogens (tertiary/aromatic N) is 2. The molecule has 1 aromatic heterocycles. The second-order valence-corrected chi connectivity index (χ2v) is 4.95. The first-order valence-electron chi connectivity index (χ1n) is 6.59. The monoisotopic (exact) mass is 271 g/mol. The highest BCUT2D eigenvalue weighted by atomic mass is 16.5. The van der Waals surface area contributed by atoms with Gasteiger partial charge in [0.15, 0.2) is 0 Å². The minimum Gasteiger partial charge on any atom is -0.449 e. The minimum atomic E-state index is -0.503. The van der Waals surface area contributed by atoms with Crippen LogP contribution in [0.3, 0.4) is 0 Å². The Morgan fingerprint density at radius 2 is 2.30 bits per heavy atom. The van der Waals surface area contributed by atoms with Crippen LogP contribution in [0.4, 0.5) is 10.5 Å². The number of carbonyl (C=O) groups is 1. The standard InChI is InChI=1S/C15H17N3O2/c1-11-2-3-12(13(8-11)9-16)10-20-15(19)18-14-4-6-17-7-5-14/h4-7,12-13H,1-3,8,10H2,(H,17,18,19). The van der Waals surface area contributed by atoms with Gasteiger partial charge in [-0.2, -0.15) is 5.26 Å². The maximum Gasteiger partial charge on any atom is 0.411 e. The molecule has 0 aromatic carbocycles. The summed E-state index contributed by atoms with van der Waals surface area (Å²) in [5, 5.41) is 11.7. The van der Waals surface area contributed by atoms with Crippen molar-refractivity contribution < 1.29 is 9.53 Å². The first-order chi connectivity index (χ1) is 9.69. The fraction of sp³-hybridized carbons (Fsp3) is 0.400. The third kappa shape index (κ3) is 3.82. The third-order valence-corrected chi connectivity index (χ3v) is 3.47. The predicted molar refractivity (Wildman–Crippen MR) is 74.8 cm³/mol. The van der Waals surface area contributed by atoms with E-state index in [9.17, 15) is 4.79 Å². The van der Waals surface area contributed by atoms with Gasteiger partial charge >= 0.3 is 6.09 Å². The Hall–Kier alpha value is -2.35. The van der Waals surface area contributed by atoms with Crippen molar-refractivity contribution >= 4 is 11.8 Å². The molecule has 1 saturated carbocycles. The lowest BCUT2D eigenvalue weighted by molar-refractivity contribution is 0.122. The second-order valence-electron chi connectivity index (χ2n) is 4.95. The second kappa shape index (κ2) is 6.71. The molecule has 104 valence electrons. The third-order valence-electron chi connectivity index (χ3n) is 3.47. The summed E-state index contributed by atoms with van der Waals surface area (Å²) in [6, 6.07) is 5.65. The maximum absolute atomic E-state index is 11.7. The first kappa shape index (κ1) is 14.1. The highest BCUT2D eigenvalue weighted by molar-refractivity contribution is 5.84. The van der Waals surface area contributed by atoms with Crippen molar-refractivity contribution in [1.82, 2.24) is 4.98 Å². The Labute approximate surface area is 118 Å². The molecule has 1 aromatic rings. The van der Waals surface area contributed by atoms with Crippen molar-refractivity contribution in [2.45, 2.75) is 19.3 Å². The van der Waals surface area contributed by atoms with Gasteiger partial charge < -0.3 is 4.74 Å². The van der Waals surface area contributed by atoms with Crippen LogP contribution in [-0.4, -0.2) is 17.7 Å². The van der Waals surface area contributed by atoms with Crippen LogP contribution in [0.5, 0.6) is 0 Å². The molecule has 0 aliphatic heterocycles. The van der Waals surface area contributed by atoms with Crippen molar-refractivity contribution in [3.05, 3.63) is 36.7 Å². The molecule has 1 heterocycles. The Kier molecular flexibility index (Phi) is 4.72. The molecule has 5 heteroatoms. The number of hydrogen-bond acceptors (Lipinski definition) is 4. The Bertz CT molecular complexity index is 522. The number of hydrogen-bond donors (Lipinski definition) is 1. The van der Waals surface area contributed by atoms with E-state index in [1.54, 1.807) is 24.5 Å². The van der Waals surface area contributed by atoms with E-state index in [4.69, 9.17) is 10.00 Å². The van der Waals surface area contributed by atoms with Crippen molar-refractivity contribution in [3.63, 3.8) is 0 Å². The summed E-state index contributed by atoms with van der Waals surface area (Å²) < 4.78 is 5.20. The summed E-state index contributed by atoms with van der Waals surface area (Å²) >= 11 is 0. The van der Waals surface area contributed by atoms with Crippen LogP contribution in [0.2, 0.25) is 0 Å². The van der Waals surface area contributed by atoms with Gasteiger partial charge in [0.25, 0.3) is 0 Å². The SMILES string of the molecule is C=C1CCC(COC(=O)Nc2ccncc2)C(C#N)C1. The molecule has 2 atom stereocenters. The quantitative estimate of drug-likeness (QED) is 0.857. The summed E-state index contributed by atoms with van der Waals surface area (Å²) in [7, 11) is 0. The molecule has 1 aliphatic rings. The summed E-state index contributed by atoms with van der Waals surface area (Å²) in [6.07, 6.45) is 5.13. The zero-order valence-corrected chi connectivity index (χ0v) is 11.2. The van der Waals surface area contributed by atoms with Crippen molar-refractivity contribution in [1.29, 1.82) is 5.26 Å². The van der Waals surface area contributed by atoms with Gasteiger partial charge in [-0.3, -0.25) is 10.3 Å². The van der Waals surface area contributed by atoms with Crippen LogP contribution in [0, 0.1) is 23.2 Å². The predicted octanol–water partition coefficient (Wildman–Crippen LogP) is 3.13. The van der Waals surface area contributed by atoms with Gasteiger partial charge in [0.2, 0.25) is 0 Å².